The number of carbonyl (C=O) groups excluding carboxylic acids is 3. The van der Waals surface area contributed by atoms with Crippen molar-refractivity contribution in [2.75, 3.05) is 25.5 Å². The van der Waals surface area contributed by atoms with E-state index in [2.05, 4.69) is 32.1 Å². The Morgan fingerprint density at radius 3 is 2.30 bits per heavy atom. The largest absolute Gasteiger partial charge is 0.378 e. The van der Waals surface area contributed by atoms with E-state index in [9.17, 15) is 14.4 Å². The minimum Gasteiger partial charge on any atom is -0.378 e. The van der Waals surface area contributed by atoms with Crippen molar-refractivity contribution in [2.45, 2.75) is 6.42 Å². The summed E-state index contributed by atoms with van der Waals surface area (Å²) in [4.78, 5) is 37.7. The van der Waals surface area contributed by atoms with Crippen molar-refractivity contribution in [1.82, 2.24) is 16.2 Å². The highest BCUT2D eigenvalue weighted by atomic mass is 79.9. The zero-order valence-electron chi connectivity index (χ0n) is 15.1. The predicted octanol–water partition coefficient (Wildman–Crippen LogP) is 2.10. The lowest BCUT2D eigenvalue weighted by atomic mass is 10.2. The molecule has 0 unspecified atom stereocenters. The molecule has 0 aliphatic heterocycles. The normalized spacial score (nSPS) is 10.0. The van der Waals surface area contributed by atoms with Crippen LogP contribution in [0.15, 0.2) is 53.0 Å². The highest BCUT2D eigenvalue weighted by molar-refractivity contribution is 9.10. The lowest BCUT2D eigenvalue weighted by molar-refractivity contribution is -0.121. The fourth-order valence-electron chi connectivity index (χ4n) is 2.18. The lowest BCUT2D eigenvalue weighted by Gasteiger charge is -2.13. The van der Waals surface area contributed by atoms with Gasteiger partial charge in [0, 0.05) is 48.3 Å². The smallest absolute Gasteiger partial charge is 0.269 e. The van der Waals surface area contributed by atoms with Gasteiger partial charge in [0.05, 0.1) is 0 Å². The Morgan fingerprint density at radius 1 is 0.926 bits per heavy atom. The van der Waals surface area contributed by atoms with Crippen LogP contribution in [0.4, 0.5) is 5.69 Å². The van der Waals surface area contributed by atoms with Gasteiger partial charge in [0.25, 0.3) is 11.8 Å². The van der Waals surface area contributed by atoms with Crippen LogP contribution in [0.3, 0.4) is 0 Å². The number of nitrogens with zero attached hydrogens (tertiary/aromatic N) is 1. The van der Waals surface area contributed by atoms with Crippen molar-refractivity contribution in [3.05, 3.63) is 64.1 Å². The summed E-state index contributed by atoms with van der Waals surface area (Å²) in [6, 6.07) is 13.9. The molecule has 0 heterocycles. The maximum atomic E-state index is 12.1. The van der Waals surface area contributed by atoms with Gasteiger partial charge in [-0.2, -0.15) is 0 Å². The summed E-state index contributed by atoms with van der Waals surface area (Å²) in [7, 11) is 3.75. The van der Waals surface area contributed by atoms with Gasteiger partial charge in [-0.25, -0.2) is 0 Å². The van der Waals surface area contributed by atoms with E-state index in [0.29, 0.717) is 11.1 Å². The molecule has 0 spiro atoms. The van der Waals surface area contributed by atoms with E-state index < -0.39 is 11.8 Å². The molecule has 2 aromatic rings. The summed E-state index contributed by atoms with van der Waals surface area (Å²) >= 11 is 3.30. The molecule has 0 saturated heterocycles. The summed E-state index contributed by atoms with van der Waals surface area (Å²) in [5, 5.41) is 2.66. The average molecular weight is 433 g/mol. The van der Waals surface area contributed by atoms with Gasteiger partial charge < -0.3 is 10.2 Å². The number of amides is 3. The van der Waals surface area contributed by atoms with Crippen LogP contribution in [0.25, 0.3) is 0 Å². The second kappa shape index (κ2) is 9.72. The van der Waals surface area contributed by atoms with Crippen molar-refractivity contribution in [1.29, 1.82) is 0 Å². The molecule has 0 bridgehead atoms. The SMILES string of the molecule is CN(C)c1cccc(C(=O)NNC(=O)CCNC(=O)c2ccc(Br)cc2)c1. The van der Waals surface area contributed by atoms with E-state index in [1.54, 1.807) is 42.5 Å². The van der Waals surface area contributed by atoms with Crippen molar-refractivity contribution in [3.8, 4) is 0 Å². The Balaban J connectivity index is 1.74. The van der Waals surface area contributed by atoms with E-state index in [0.717, 1.165) is 10.2 Å². The quantitative estimate of drug-likeness (QED) is 0.609. The number of halogens is 1. The van der Waals surface area contributed by atoms with Crippen LogP contribution < -0.4 is 21.1 Å². The molecule has 0 aromatic heterocycles. The molecule has 8 heteroatoms. The summed E-state index contributed by atoms with van der Waals surface area (Å²) in [6.07, 6.45) is 0.0419. The molecule has 0 aliphatic rings. The molecular formula is C19H21BrN4O3. The maximum Gasteiger partial charge on any atom is 0.269 e. The molecule has 0 aliphatic carbocycles. The second-order valence-corrected chi connectivity index (χ2v) is 6.88. The summed E-state index contributed by atoms with van der Waals surface area (Å²) in [5.41, 5.74) is 6.53. The van der Waals surface area contributed by atoms with Crippen LogP contribution in [-0.2, 0) is 4.79 Å². The van der Waals surface area contributed by atoms with Gasteiger partial charge in [0.2, 0.25) is 5.91 Å². The van der Waals surface area contributed by atoms with Crippen LogP contribution in [0.5, 0.6) is 0 Å². The molecule has 0 atom stereocenters. The molecule has 3 amide bonds. The van der Waals surface area contributed by atoms with Crippen molar-refractivity contribution in [2.24, 2.45) is 0 Å². The number of hydrogen-bond donors (Lipinski definition) is 3. The summed E-state index contributed by atoms with van der Waals surface area (Å²) in [5.74, 6) is -1.07. The van der Waals surface area contributed by atoms with Gasteiger partial charge in [0.1, 0.15) is 0 Å². The Kier molecular flexibility index (Phi) is 7.36. The molecule has 7 nitrogen and oxygen atoms in total. The summed E-state index contributed by atoms with van der Waals surface area (Å²) in [6.45, 7) is 0.159. The first-order chi connectivity index (χ1) is 12.9. The molecule has 0 saturated carbocycles. The number of nitrogens with one attached hydrogen (secondary N) is 3. The number of benzene rings is 2. The molecule has 2 rings (SSSR count). The third kappa shape index (κ3) is 6.41. The Hall–Kier alpha value is -2.87. The fourth-order valence-corrected chi connectivity index (χ4v) is 2.44. The monoisotopic (exact) mass is 432 g/mol. The van der Waals surface area contributed by atoms with E-state index in [1.807, 2.05) is 25.1 Å². The van der Waals surface area contributed by atoms with Crippen LogP contribution >= 0.6 is 15.9 Å². The third-order valence-electron chi connectivity index (χ3n) is 3.68. The highest BCUT2D eigenvalue weighted by Gasteiger charge is 2.10. The van der Waals surface area contributed by atoms with Gasteiger partial charge in [0.15, 0.2) is 0 Å². The maximum absolute atomic E-state index is 12.1. The van der Waals surface area contributed by atoms with Crippen molar-refractivity contribution < 1.29 is 14.4 Å². The minimum atomic E-state index is -0.411. The third-order valence-corrected chi connectivity index (χ3v) is 4.21. The average Bonchev–Trinajstić information content (AvgIpc) is 2.66. The standard InChI is InChI=1S/C19H21BrN4O3/c1-24(2)16-5-3-4-14(12-16)19(27)23-22-17(25)10-11-21-18(26)13-6-8-15(20)9-7-13/h3-9,12H,10-11H2,1-2H3,(H,21,26)(H,22,25)(H,23,27). The van der Waals surface area contributed by atoms with Crippen LogP contribution in [0, 0.1) is 0 Å². The zero-order chi connectivity index (χ0) is 19.8. The van der Waals surface area contributed by atoms with Gasteiger partial charge in [-0.3, -0.25) is 25.2 Å². The molecule has 2 aromatic carbocycles. The van der Waals surface area contributed by atoms with Crippen LogP contribution in [-0.4, -0.2) is 38.4 Å². The van der Waals surface area contributed by atoms with Crippen LogP contribution in [0.1, 0.15) is 27.1 Å². The first-order valence-electron chi connectivity index (χ1n) is 8.27. The van der Waals surface area contributed by atoms with Crippen LogP contribution in [0.2, 0.25) is 0 Å². The fraction of sp³-hybridized carbons (Fsp3) is 0.211. The number of hydrogen-bond acceptors (Lipinski definition) is 4. The number of rotatable bonds is 6. The topological polar surface area (TPSA) is 90.5 Å². The Labute approximate surface area is 166 Å². The van der Waals surface area contributed by atoms with E-state index >= 15 is 0 Å². The van der Waals surface area contributed by atoms with Gasteiger partial charge in [-0.1, -0.05) is 22.0 Å². The minimum absolute atomic E-state index is 0.0419. The van der Waals surface area contributed by atoms with Gasteiger partial charge in [-0.05, 0) is 42.5 Å². The van der Waals surface area contributed by atoms with E-state index in [-0.39, 0.29) is 18.9 Å². The van der Waals surface area contributed by atoms with E-state index in [4.69, 9.17) is 0 Å². The molecule has 0 radical (unpaired) electrons. The summed E-state index contributed by atoms with van der Waals surface area (Å²) < 4.78 is 0.880. The predicted molar refractivity (Wildman–Crippen MR) is 107 cm³/mol. The molecule has 27 heavy (non-hydrogen) atoms. The first-order valence-corrected chi connectivity index (χ1v) is 9.06. The molecule has 3 N–H and O–H groups in total. The van der Waals surface area contributed by atoms with Gasteiger partial charge in [-0.15, -0.1) is 0 Å². The first kappa shape index (κ1) is 20.4. The molecule has 0 fully saturated rings. The number of anilines is 1. The Morgan fingerprint density at radius 2 is 1.63 bits per heavy atom. The zero-order valence-corrected chi connectivity index (χ0v) is 16.7. The second-order valence-electron chi connectivity index (χ2n) is 5.96. The number of hydrazine groups is 1. The highest BCUT2D eigenvalue weighted by Crippen LogP contribution is 2.13. The van der Waals surface area contributed by atoms with Crippen molar-refractivity contribution >= 4 is 39.3 Å². The van der Waals surface area contributed by atoms with Crippen molar-refractivity contribution in [3.63, 3.8) is 0 Å². The number of carbonyl (C=O) groups is 3. The Bertz CT molecular complexity index is 822. The van der Waals surface area contributed by atoms with E-state index in [1.165, 1.54) is 0 Å². The molecular weight excluding hydrogens is 412 g/mol. The van der Waals surface area contributed by atoms with Gasteiger partial charge >= 0.3 is 0 Å². The molecule has 142 valence electrons. The lowest BCUT2D eigenvalue weighted by Crippen LogP contribution is -2.42.